The fourth-order valence-corrected chi connectivity index (χ4v) is 7.13. The Labute approximate surface area is 241 Å². The lowest BCUT2D eigenvalue weighted by Crippen LogP contribution is -2.46. The lowest BCUT2D eigenvalue weighted by Gasteiger charge is -2.34. The molecule has 1 aliphatic heterocycles. The second-order valence-electron chi connectivity index (χ2n) is 12.2. The van der Waals surface area contributed by atoms with Crippen LogP contribution in [-0.4, -0.2) is 51.2 Å². The van der Waals surface area contributed by atoms with Crippen molar-refractivity contribution in [3.05, 3.63) is 58.1 Å². The van der Waals surface area contributed by atoms with Gasteiger partial charge in [-0.3, -0.25) is 9.52 Å². The number of carbonyl (C=O) groups is 1. The highest BCUT2D eigenvalue weighted by Gasteiger charge is 2.30. The molecule has 1 aromatic carbocycles. The molecule has 0 saturated carbocycles. The molecule has 0 unspecified atom stereocenters. The Morgan fingerprint density at radius 2 is 1.98 bits per heavy atom. The Bertz CT molecular complexity index is 1460. The van der Waals surface area contributed by atoms with E-state index in [1.54, 1.807) is 6.07 Å². The number of sulfonamides is 1. The standard InChI is InChI=1S/C30H39N3O4S2.H3N/c1-30(2,3)23-8-9-26-21(13-23)12-22-16-28(38-29(22)32-26)27(34)15-20(10-11-31-25-17-37-18-25)19-6-5-7-24(14-19)33-39(4,35)36;/h5-7,12,14,16,20,23,25,31,33H,8-11,13,15,17-18H2,1-4H3;1H3/p+1/t20-,23-;/m0./s1. The van der Waals surface area contributed by atoms with Gasteiger partial charge in [-0.25, -0.2) is 13.4 Å². The number of ketones is 1. The Balaban J connectivity index is 0.00000370. The number of thiophene rings is 1. The maximum absolute atomic E-state index is 13.6. The zero-order chi connectivity index (χ0) is 27.8. The van der Waals surface area contributed by atoms with Crippen molar-refractivity contribution < 1.29 is 17.9 Å². The van der Waals surface area contributed by atoms with Crippen LogP contribution in [0.3, 0.4) is 0 Å². The molecule has 2 aliphatic rings. The topological polar surface area (TPSA) is 134 Å². The minimum Gasteiger partial charge on any atom is -0.378 e. The summed E-state index contributed by atoms with van der Waals surface area (Å²) >= 11 is 1.49. The summed E-state index contributed by atoms with van der Waals surface area (Å²) in [6.45, 7) is 9.13. The summed E-state index contributed by atoms with van der Waals surface area (Å²) in [6.07, 6.45) is 5.44. The second-order valence-corrected chi connectivity index (χ2v) is 15.0. The minimum atomic E-state index is -3.39. The molecule has 1 fully saturated rings. The molecular weight excluding hydrogens is 544 g/mol. The van der Waals surface area contributed by atoms with Gasteiger partial charge in [-0.2, -0.15) is 0 Å². The Kier molecular flexibility index (Phi) is 9.36. The van der Waals surface area contributed by atoms with Crippen molar-refractivity contribution in [1.29, 1.82) is 0 Å². The highest BCUT2D eigenvalue weighted by molar-refractivity contribution is 7.92. The molecule has 5 rings (SSSR count). The van der Waals surface area contributed by atoms with Crippen molar-refractivity contribution in [2.24, 2.45) is 11.3 Å². The lowest BCUT2D eigenvalue weighted by molar-refractivity contribution is -0.00511. The number of hydrogen-bond donors (Lipinski definition) is 3. The monoisotopic (exact) mass is 587 g/mol. The highest BCUT2D eigenvalue weighted by atomic mass is 32.2. The smallest absolute Gasteiger partial charge is 0.229 e. The summed E-state index contributed by atoms with van der Waals surface area (Å²) in [6, 6.07) is 12.0. The number of rotatable bonds is 10. The third kappa shape index (κ3) is 7.47. The predicted molar refractivity (Wildman–Crippen MR) is 164 cm³/mol. The first-order valence-electron chi connectivity index (χ1n) is 13.8. The fourth-order valence-electron chi connectivity index (χ4n) is 5.60. The van der Waals surface area contributed by atoms with E-state index in [4.69, 9.17) is 9.72 Å². The molecule has 0 amide bonds. The van der Waals surface area contributed by atoms with Crippen molar-refractivity contribution in [2.75, 3.05) is 30.7 Å². The molecule has 2 aromatic heterocycles. The van der Waals surface area contributed by atoms with Crippen molar-refractivity contribution >= 4 is 43.0 Å². The summed E-state index contributed by atoms with van der Waals surface area (Å²) in [5.74, 6) is 0.686. The lowest BCUT2D eigenvalue weighted by atomic mass is 9.71. The SMILES string of the molecule is CC(C)(C)[C@H]1CCc2nc3sc(C(=O)C[C@H](CCNC4COC4)c4cccc(NS(C)(=O)=O)c4)cc3cc2C1.[NH4+]. The first-order chi connectivity index (χ1) is 18.4. The summed E-state index contributed by atoms with van der Waals surface area (Å²) in [5.41, 5.74) is 4.24. The first kappa shape index (κ1) is 30.6. The number of aryl methyl sites for hydroxylation is 1. The van der Waals surface area contributed by atoms with Crippen LogP contribution in [0.2, 0.25) is 0 Å². The van der Waals surface area contributed by atoms with Crippen molar-refractivity contribution in [3.8, 4) is 0 Å². The van der Waals surface area contributed by atoms with Crippen LogP contribution in [0.4, 0.5) is 5.69 Å². The molecule has 218 valence electrons. The Hall–Kier alpha value is -2.37. The molecule has 1 saturated heterocycles. The molecule has 40 heavy (non-hydrogen) atoms. The number of Topliss-reactive ketones (excluding diaryl/α,β-unsaturated/α-hetero) is 1. The largest absolute Gasteiger partial charge is 0.378 e. The molecule has 2 atom stereocenters. The fraction of sp³-hybridized carbons (Fsp3) is 0.533. The van der Waals surface area contributed by atoms with E-state index in [1.165, 1.54) is 22.6 Å². The predicted octanol–water partition coefficient (Wildman–Crippen LogP) is 5.93. The van der Waals surface area contributed by atoms with Gasteiger partial charge in [0.25, 0.3) is 0 Å². The molecule has 3 heterocycles. The number of ether oxygens (including phenoxy) is 1. The number of carbonyl (C=O) groups excluding carboxylic acids is 1. The number of anilines is 1. The normalized spacial score (nSPS) is 18.4. The van der Waals surface area contributed by atoms with E-state index in [0.29, 0.717) is 37.3 Å². The zero-order valence-corrected chi connectivity index (χ0v) is 25.9. The quantitative estimate of drug-likeness (QED) is 0.252. The van der Waals surface area contributed by atoms with Gasteiger partial charge in [-0.15, -0.1) is 11.3 Å². The summed E-state index contributed by atoms with van der Waals surface area (Å²) in [7, 11) is -3.39. The van der Waals surface area contributed by atoms with Gasteiger partial charge in [-0.05, 0) is 84.9 Å². The van der Waals surface area contributed by atoms with Crippen LogP contribution in [0.25, 0.3) is 10.2 Å². The van der Waals surface area contributed by atoms with Crippen molar-refractivity contribution in [1.82, 2.24) is 16.5 Å². The van der Waals surface area contributed by atoms with Gasteiger partial charge in [0.2, 0.25) is 10.0 Å². The van der Waals surface area contributed by atoms with Gasteiger partial charge in [0, 0.05) is 23.2 Å². The van der Waals surface area contributed by atoms with Gasteiger partial charge in [0.05, 0.1) is 30.4 Å². The van der Waals surface area contributed by atoms with Crippen LogP contribution < -0.4 is 16.2 Å². The molecule has 8 nitrogen and oxygen atoms in total. The van der Waals surface area contributed by atoms with Gasteiger partial charge in [0.1, 0.15) is 4.83 Å². The van der Waals surface area contributed by atoms with Crippen molar-refractivity contribution in [3.63, 3.8) is 0 Å². The molecule has 3 aromatic rings. The van der Waals surface area contributed by atoms with Gasteiger partial charge < -0.3 is 16.2 Å². The van der Waals surface area contributed by atoms with Crippen LogP contribution in [-0.2, 0) is 27.6 Å². The van der Waals surface area contributed by atoms with E-state index in [1.807, 2.05) is 24.3 Å². The van der Waals surface area contributed by atoms with E-state index in [0.717, 1.165) is 59.1 Å². The van der Waals surface area contributed by atoms with Crippen LogP contribution in [0, 0.1) is 11.3 Å². The van der Waals surface area contributed by atoms with E-state index >= 15 is 0 Å². The summed E-state index contributed by atoms with van der Waals surface area (Å²) in [4.78, 5) is 20.3. The minimum absolute atomic E-state index is 0. The number of hydrogen-bond acceptors (Lipinski definition) is 7. The maximum Gasteiger partial charge on any atom is 0.229 e. The van der Waals surface area contributed by atoms with E-state index in [2.05, 4.69) is 36.9 Å². The zero-order valence-electron chi connectivity index (χ0n) is 24.2. The van der Waals surface area contributed by atoms with Crippen LogP contribution in [0.15, 0.2) is 36.4 Å². The number of nitrogens with zero attached hydrogens (tertiary/aromatic N) is 1. The molecule has 0 spiro atoms. The number of pyridine rings is 1. The Morgan fingerprint density at radius 1 is 1.20 bits per heavy atom. The molecular formula is C30H43N4O4S2+. The third-order valence-electron chi connectivity index (χ3n) is 8.03. The summed E-state index contributed by atoms with van der Waals surface area (Å²) in [5, 5.41) is 4.55. The van der Waals surface area contributed by atoms with Crippen LogP contribution in [0.5, 0.6) is 0 Å². The van der Waals surface area contributed by atoms with Crippen LogP contribution >= 0.6 is 11.3 Å². The molecule has 0 bridgehead atoms. The molecule has 1 aliphatic carbocycles. The first-order valence-corrected chi connectivity index (χ1v) is 16.5. The second kappa shape index (κ2) is 12.2. The number of benzene rings is 1. The van der Waals surface area contributed by atoms with E-state index in [-0.39, 0.29) is 23.3 Å². The van der Waals surface area contributed by atoms with Gasteiger partial charge in [-0.1, -0.05) is 32.9 Å². The number of quaternary nitrogens is 1. The van der Waals surface area contributed by atoms with Crippen LogP contribution in [0.1, 0.15) is 72.4 Å². The van der Waals surface area contributed by atoms with E-state index in [9.17, 15) is 13.2 Å². The molecule has 6 N–H and O–H groups in total. The molecule has 0 radical (unpaired) electrons. The number of nitrogens with one attached hydrogen (secondary N) is 2. The number of fused-ring (bicyclic) bond motifs is 2. The Morgan fingerprint density at radius 3 is 2.65 bits per heavy atom. The summed E-state index contributed by atoms with van der Waals surface area (Å²) < 4.78 is 31.4. The average Bonchev–Trinajstić information content (AvgIpc) is 3.24. The maximum atomic E-state index is 13.6. The average molecular weight is 588 g/mol. The molecule has 10 heteroatoms. The van der Waals surface area contributed by atoms with Crippen molar-refractivity contribution in [2.45, 2.75) is 64.8 Å². The van der Waals surface area contributed by atoms with Gasteiger partial charge in [0.15, 0.2) is 5.78 Å². The highest BCUT2D eigenvalue weighted by Crippen LogP contribution is 2.39. The van der Waals surface area contributed by atoms with Gasteiger partial charge >= 0.3 is 0 Å². The third-order valence-corrected chi connectivity index (χ3v) is 9.72. The number of aromatic nitrogens is 1. The van der Waals surface area contributed by atoms with E-state index < -0.39 is 10.0 Å².